The summed E-state index contributed by atoms with van der Waals surface area (Å²) in [6.45, 7) is 10.4. The van der Waals surface area contributed by atoms with Gasteiger partial charge in [0.15, 0.2) is 0 Å². The van der Waals surface area contributed by atoms with Gasteiger partial charge in [-0.25, -0.2) is 0 Å². The maximum atomic E-state index is 11.8. The molecule has 0 bridgehead atoms. The summed E-state index contributed by atoms with van der Waals surface area (Å²) in [5, 5.41) is 2.83. The smallest absolute Gasteiger partial charge is 0.320 e. The number of amides is 1. The lowest BCUT2D eigenvalue weighted by molar-refractivity contribution is -0.145. The molecule has 1 N–H and O–H groups in total. The molecule has 1 amide bonds. The summed E-state index contributed by atoms with van der Waals surface area (Å²) in [4.78, 5) is 24.9. The van der Waals surface area contributed by atoms with Crippen LogP contribution in [0.3, 0.4) is 0 Å². The lowest BCUT2D eigenvalue weighted by Crippen LogP contribution is -2.48. The van der Waals surface area contributed by atoms with Gasteiger partial charge in [0.2, 0.25) is 5.91 Å². The van der Waals surface area contributed by atoms with Crippen LogP contribution in [0.15, 0.2) is 0 Å². The van der Waals surface area contributed by atoms with Crippen LogP contribution in [0.25, 0.3) is 0 Å². The van der Waals surface area contributed by atoms with Crippen molar-refractivity contribution in [2.24, 2.45) is 0 Å². The zero-order valence-electron chi connectivity index (χ0n) is 11.4. The summed E-state index contributed by atoms with van der Waals surface area (Å²) in [6.07, 6.45) is 0. The number of hydrogen-bond donors (Lipinski definition) is 1. The molecular weight excluding hydrogens is 220 g/mol. The maximum absolute atomic E-state index is 11.8. The second-order valence-electron chi connectivity index (χ2n) is 4.21. The van der Waals surface area contributed by atoms with Gasteiger partial charge < -0.3 is 10.1 Å². The third-order valence-corrected chi connectivity index (χ3v) is 2.40. The number of hydrogen-bond acceptors (Lipinski definition) is 4. The normalized spacial score (nSPS) is 12.6. The summed E-state index contributed by atoms with van der Waals surface area (Å²) in [6, 6.07) is -0.224. The Hall–Kier alpha value is -1.10. The van der Waals surface area contributed by atoms with Gasteiger partial charge in [-0.05, 0) is 34.2 Å². The van der Waals surface area contributed by atoms with Gasteiger partial charge in [0.25, 0.3) is 0 Å². The highest BCUT2D eigenvalue weighted by Gasteiger charge is 2.22. The van der Waals surface area contributed by atoms with Crippen LogP contribution < -0.4 is 5.32 Å². The number of rotatable bonds is 7. The number of nitrogens with zero attached hydrogens (tertiary/aromatic N) is 1. The first kappa shape index (κ1) is 15.9. The number of carbonyl (C=O) groups excluding carboxylic acids is 2. The molecule has 1 atom stereocenters. The Balaban J connectivity index is 4.33. The molecule has 0 aliphatic heterocycles. The van der Waals surface area contributed by atoms with Crippen molar-refractivity contribution in [3.8, 4) is 0 Å². The van der Waals surface area contributed by atoms with Crippen molar-refractivity contribution in [2.75, 3.05) is 19.7 Å². The molecule has 0 aromatic carbocycles. The van der Waals surface area contributed by atoms with E-state index in [1.54, 1.807) is 18.7 Å². The van der Waals surface area contributed by atoms with E-state index in [0.29, 0.717) is 13.2 Å². The third kappa shape index (κ3) is 6.26. The maximum Gasteiger partial charge on any atom is 0.320 e. The number of carbonyl (C=O) groups is 2. The molecular formula is C12H24N2O3. The third-order valence-electron chi connectivity index (χ3n) is 2.40. The van der Waals surface area contributed by atoms with E-state index < -0.39 is 0 Å². The Morgan fingerprint density at radius 2 is 1.82 bits per heavy atom. The van der Waals surface area contributed by atoms with Gasteiger partial charge in [0.05, 0.1) is 19.2 Å². The lowest BCUT2D eigenvalue weighted by Gasteiger charge is -2.26. The molecule has 0 saturated heterocycles. The van der Waals surface area contributed by atoms with Crippen molar-refractivity contribution in [1.82, 2.24) is 10.2 Å². The highest BCUT2D eigenvalue weighted by Crippen LogP contribution is 2.00. The van der Waals surface area contributed by atoms with Gasteiger partial charge in [-0.15, -0.1) is 0 Å². The minimum atomic E-state index is -0.327. The first-order valence-electron chi connectivity index (χ1n) is 6.12. The minimum absolute atomic E-state index is 0.0638. The highest BCUT2D eigenvalue weighted by molar-refractivity contribution is 5.82. The Bertz CT molecular complexity index is 254. The Morgan fingerprint density at radius 3 is 2.24 bits per heavy atom. The molecule has 0 aliphatic rings. The van der Waals surface area contributed by atoms with Crippen LogP contribution in [0.2, 0.25) is 0 Å². The van der Waals surface area contributed by atoms with Crippen LogP contribution in [-0.2, 0) is 14.3 Å². The van der Waals surface area contributed by atoms with Crippen molar-refractivity contribution in [2.45, 2.75) is 46.7 Å². The molecule has 100 valence electrons. The highest BCUT2D eigenvalue weighted by atomic mass is 16.5. The first-order chi connectivity index (χ1) is 7.92. The van der Waals surface area contributed by atoms with Crippen LogP contribution in [0.5, 0.6) is 0 Å². The quantitative estimate of drug-likeness (QED) is 0.673. The molecule has 0 aromatic heterocycles. The summed E-state index contributed by atoms with van der Waals surface area (Å²) in [5.74, 6) is -0.357. The summed E-state index contributed by atoms with van der Waals surface area (Å²) in [7, 11) is 0. The molecule has 0 aliphatic carbocycles. The van der Waals surface area contributed by atoms with Crippen molar-refractivity contribution in [1.29, 1.82) is 0 Å². The van der Waals surface area contributed by atoms with E-state index >= 15 is 0 Å². The van der Waals surface area contributed by atoms with E-state index in [-0.39, 0.29) is 30.5 Å². The molecule has 0 heterocycles. The van der Waals surface area contributed by atoms with Crippen molar-refractivity contribution in [3.05, 3.63) is 0 Å². The standard InChI is InChI=1S/C12H24N2O3/c1-6-14(8-11(15)17-7-2)10(5)12(16)13-9(3)4/h9-10H,6-8H2,1-5H3,(H,13,16). The lowest BCUT2D eigenvalue weighted by atomic mass is 10.2. The first-order valence-corrected chi connectivity index (χ1v) is 6.12. The van der Waals surface area contributed by atoms with Crippen LogP contribution in [0, 0.1) is 0 Å². The zero-order valence-corrected chi connectivity index (χ0v) is 11.4. The molecule has 5 heteroatoms. The number of esters is 1. The van der Waals surface area contributed by atoms with Gasteiger partial charge in [-0.2, -0.15) is 0 Å². The van der Waals surface area contributed by atoms with Gasteiger partial charge in [-0.3, -0.25) is 14.5 Å². The predicted molar refractivity (Wildman–Crippen MR) is 66.6 cm³/mol. The molecule has 0 fully saturated rings. The van der Waals surface area contributed by atoms with Crippen molar-refractivity contribution < 1.29 is 14.3 Å². The second kappa shape index (κ2) is 8.06. The van der Waals surface area contributed by atoms with Gasteiger partial charge in [0, 0.05) is 6.04 Å². The predicted octanol–water partition coefficient (Wildman–Crippen LogP) is 0.785. The summed E-state index contributed by atoms with van der Waals surface area (Å²) < 4.78 is 4.87. The van der Waals surface area contributed by atoms with E-state index in [4.69, 9.17) is 4.74 Å². The molecule has 0 rings (SSSR count). The van der Waals surface area contributed by atoms with Crippen LogP contribution in [0.4, 0.5) is 0 Å². The number of nitrogens with one attached hydrogen (secondary N) is 1. The fourth-order valence-electron chi connectivity index (χ4n) is 1.47. The van der Waals surface area contributed by atoms with Crippen LogP contribution >= 0.6 is 0 Å². The zero-order chi connectivity index (χ0) is 13.4. The van der Waals surface area contributed by atoms with E-state index in [1.165, 1.54) is 0 Å². The van der Waals surface area contributed by atoms with E-state index in [9.17, 15) is 9.59 Å². The second-order valence-corrected chi connectivity index (χ2v) is 4.21. The number of likely N-dealkylation sites (N-methyl/N-ethyl adjacent to an activating group) is 1. The Labute approximate surface area is 103 Å². The van der Waals surface area contributed by atoms with E-state index in [2.05, 4.69) is 5.32 Å². The molecule has 17 heavy (non-hydrogen) atoms. The van der Waals surface area contributed by atoms with Gasteiger partial charge >= 0.3 is 5.97 Å². The molecule has 0 radical (unpaired) electrons. The molecule has 1 unspecified atom stereocenters. The Kier molecular flexibility index (Phi) is 7.54. The average molecular weight is 244 g/mol. The average Bonchev–Trinajstić information content (AvgIpc) is 2.24. The van der Waals surface area contributed by atoms with E-state index in [1.807, 2.05) is 20.8 Å². The molecule has 0 saturated carbocycles. The minimum Gasteiger partial charge on any atom is -0.465 e. The topological polar surface area (TPSA) is 58.6 Å². The fraction of sp³-hybridized carbons (Fsp3) is 0.833. The Morgan fingerprint density at radius 1 is 1.24 bits per heavy atom. The van der Waals surface area contributed by atoms with Gasteiger partial charge in [0.1, 0.15) is 0 Å². The van der Waals surface area contributed by atoms with E-state index in [0.717, 1.165) is 0 Å². The monoisotopic (exact) mass is 244 g/mol. The van der Waals surface area contributed by atoms with Crippen LogP contribution in [-0.4, -0.2) is 48.6 Å². The summed E-state index contributed by atoms with van der Waals surface area (Å²) in [5.41, 5.74) is 0. The van der Waals surface area contributed by atoms with Gasteiger partial charge in [-0.1, -0.05) is 6.92 Å². The van der Waals surface area contributed by atoms with Crippen molar-refractivity contribution in [3.63, 3.8) is 0 Å². The number of ether oxygens (including phenoxy) is 1. The fourth-order valence-corrected chi connectivity index (χ4v) is 1.47. The SMILES string of the molecule is CCOC(=O)CN(CC)C(C)C(=O)NC(C)C. The van der Waals surface area contributed by atoms with Crippen molar-refractivity contribution >= 4 is 11.9 Å². The largest absolute Gasteiger partial charge is 0.465 e. The molecule has 0 spiro atoms. The summed E-state index contributed by atoms with van der Waals surface area (Å²) >= 11 is 0. The van der Waals surface area contributed by atoms with Crippen LogP contribution in [0.1, 0.15) is 34.6 Å². The molecule has 0 aromatic rings. The molecule has 5 nitrogen and oxygen atoms in total.